The molecule has 0 spiro atoms. The molecule has 0 aromatic rings. The van der Waals surface area contributed by atoms with Crippen LogP contribution in [0.15, 0.2) is 4.99 Å². The van der Waals surface area contributed by atoms with Gasteiger partial charge in [0.15, 0.2) is 5.96 Å². The van der Waals surface area contributed by atoms with Gasteiger partial charge in [-0.05, 0) is 19.1 Å². The van der Waals surface area contributed by atoms with Crippen molar-refractivity contribution < 1.29 is 0 Å². The van der Waals surface area contributed by atoms with Crippen molar-refractivity contribution >= 4 is 41.7 Å². The fraction of sp³-hybridized carbons (Fsp3) is 0.909. The van der Waals surface area contributed by atoms with E-state index in [4.69, 9.17) is 0 Å². The quantitative estimate of drug-likeness (QED) is 0.766. The number of aliphatic imine (C=N–C) groups is 1. The molecule has 96 valence electrons. The Morgan fingerprint density at radius 2 is 2.06 bits per heavy atom. The van der Waals surface area contributed by atoms with Crippen molar-refractivity contribution in [2.75, 3.05) is 32.9 Å². The molecule has 3 nitrogen and oxygen atoms in total. The van der Waals surface area contributed by atoms with Gasteiger partial charge in [0.1, 0.15) is 0 Å². The Balaban J connectivity index is 0.00000225. The van der Waals surface area contributed by atoms with Crippen LogP contribution >= 0.6 is 35.7 Å². The Hall–Kier alpha value is 0.350. The molecule has 1 aliphatic heterocycles. The molecule has 0 aliphatic carbocycles. The smallest absolute Gasteiger partial charge is 0.193 e. The molecule has 1 aliphatic rings. The largest absolute Gasteiger partial charge is 0.355 e. The minimum atomic E-state index is 0. The van der Waals surface area contributed by atoms with E-state index < -0.39 is 0 Å². The third-order valence-electron chi connectivity index (χ3n) is 3.35. The summed E-state index contributed by atoms with van der Waals surface area (Å²) in [6.45, 7) is 7.53. The van der Waals surface area contributed by atoms with E-state index in [-0.39, 0.29) is 24.0 Å². The van der Waals surface area contributed by atoms with Gasteiger partial charge in [0.25, 0.3) is 0 Å². The standard InChI is InChI=1S/C11H23N3S.HI/c1-5-11(6-2,15-4)9-13-10-12-7-8-14(10)3;/h5-9H2,1-4H3,(H,12,13);1H. The van der Waals surface area contributed by atoms with Crippen LogP contribution in [0.25, 0.3) is 0 Å². The first-order valence-corrected chi connectivity index (χ1v) is 6.94. The highest BCUT2D eigenvalue weighted by atomic mass is 127. The van der Waals surface area contributed by atoms with Crippen molar-refractivity contribution in [1.29, 1.82) is 0 Å². The number of likely N-dealkylation sites (N-methyl/N-ethyl adjacent to an activating group) is 1. The van der Waals surface area contributed by atoms with E-state index in [2.05, 4.69) is 42.4 Å². The molecular weight excluding hydrogens is 333 g/mol. The summed E-state index contributed by atoms with van der Waals surface area (Å²) in [5.41, 5.74) is 0. The minimum Gasteiger partial charge on any atom is -0.355 e. The summed E-state index contributed by atoms with van der Waals surface area (Å²) in [7, 11) is 2.09. The Morgan fingerprint density at radius 3 is 2.44 bits per heavy atom. The van der Waals surface area contributed by atoms with E-state index in [1.165, 1.54) is 12.8 Å². The molecule has 16 heavy (non-hydrogen) atoms. The summed E-state index contributed by atoms with van der Waals surface area (Å²) in [6.07, 6.45) is 4.61. The van der Waals surface area contributed by atoms with Gasteiger partial charge in [-0.2, -0.15) is 11.8 Å². The normalized spacial score (nSPS) is 15.8. The molecule has 0 unspecified atom stereocenters. The molecule has 0 saturated carbocycles. The van der Waals surface area contributed by atoms with Crippen LogP contribution in [0.5, 0.6) is 0 Å². The second-order valence-electron chi connectivity index (χ2n) is 4.07. The van der Waals surface area contributed by atoms with Gasteiger partial charge in [-0.1, -0.05) is 13.8 Å². The molecule has 0 aromatic heterocycles. The van der Waals surface area contributed by atoms with E-state index in [0.29, 0.717) is 4.75 Å². The van der Waals surface area contributed by atoms with Gasteiger partial charge in [0, 0.05) is 24.9 Å². The molecule has 0 fully saturated rings. The number of rotatable bonds is 5. The zero-order valence-electron chi connectivity index (χ0n) is 10.7. The van der Waals surface area contributed by atoms with Crippen LogP contribution in [-0.2, 0) is 0 Å². The third kappa shape index (κ3) is 3.98. The summed E-state index contributed by atoms with van der Waals surface area (Å²) in [5.74, 6) is 1.07. The fourth-order valence-corrected chi connectivity index (χ4v) is 2.62. The number of nitrogens with one attached hydrogen (secondary N) is 1. The second-order valence-corrected chi connectivity index (χ2v) is 5.35. The van der Waals surface area contributed by atoms with E-state index in [1.807, 2.05) is 11.8 Å². The predicted octanol–water partition coefficient (Wildman–Crippen LogP) is 2.42. The van der Waals surface area contributed by atoms with E-state index in [1.54, 1.807) is 0 Å². The molecule has 1 N–H and O–H groups in total. The van der Waals surface area contributed by atoms with Gasteiger partial charge in [-0.15, -0.1) is 24.0 Å². The number of guanidine groups is 1. The third-order valence-corrected chi connectivity index (χ3v) is 4.94. The maximum Gasteiger partial charge on any atom is 0.193 e. The predicted molar refractivity (Wildman–Crippen MR) is 85.2 cm³/mol. The molecule has 0 amide bonds. The van der Waals surface area contributed by atoms with Crippen LogP contribution in [0, 0.1) is 0 Å². The molecule has 0 bridgehead atoms. The number of thioether (sulfide) groups is 1. The van der Waals surface area contributed by atoms with Gasteiger partial charge in [-0.3, -0.25) is 4.99 Å². The van der Waals surface area contributed by atoms with Crippen molar-refractivity contribution in [2.24, 2.45) is 4.99 Å². The Kier molecular flexibility index (Phi) is 7.80. The number of halogens is 1. The average molecular weight is 357 g/mol. The highest BCUT2D eigenvalue weighted by Gasteiger charge is 2.26. The van der Waals surface area contributed by atoms with E-state index in [0.717, 1.165) is 25.6 Å². The lowest BCUT2D eigenvalue weighted by atomic mass is 10.0. The lowest BCUT2D eigenvalue weighted by molar-refractivity contribution is 0.497. The Bertz CT molecular complexity index is 221. The monoisotopic (exact) mass is 357 g/mol. The first-order chi connectivity index (χ1) is 7.17. The van der Waals surface area contributed by atoms with Crippen LogP contribution in [0.2, 0.25) is 0 Å². The molecule has 1 heterocycles. The van der Waals surface area contributed by atoms with Gasteiger partial charge in [0.05, 0.1) is 6.54 Å². The molecule has 0 saturated heterocycles. The molecule has 0 aromatic carbocycles. The lowest BCUT2D eigenvalue weighted by Crippen LogP contribution is -2.44. The van der Waals surface area contributed by atoms with Crippen molar-refractivity contribution in [3.05, 3.63) is 0 Å². The number of hydrogen-bond acceptors (Lipinski definition) is 4. The summed E-state index contributed by atoms with van der Waals surface area (Å²) in [5, 5.41) is 3.48. The number of hydrogen-bond donors (Lipinski definition) is 1. The highest BCUT2D eigenvalue weighted by molar-refractivity contribution is 14.0. The summed E-state index contributed by atoms with van der Waals surface area (Å²) >= 11 is 1.97. The number of nitrogens with zero attached hydrogens (tertiary/aromatic N) is 2. The zero-order chi connectivity index (χ0) is 11.3. The van der Waals surface area contributed by atoms with Crippen LogP contribution in [0.3, 0.4) is 0 Å². The summed E-state index contributed by atoms with van der Waals surface area (Å²) in [4.78, 5) is 6.64. The molecular formula is C11H24IN3S. The second kappa shape index (κ2) is 7.63. The van der Waals surface area contributed by atoms with Crippen LogP contribution in [0.1, 0.15) is 26.7 Å². The fourth-order valence-electron chi connectivity index (χ4n) is 1.82. The van der Waals surface area contributed by atoms with Crippen molar-refractivity contribution in [3.8, 4) is 0 Å². The maximum absolute atomic E-state index is 4.44. The molecule has 0 atom stereocenters. The topological polar surface area (TPSA) is 27.6 Å². The lowest BCUT2D eigenvalue weighted by Gasteiger charge is -2.31. The minimum absolute atomic E-state index is 0. The molecule has 0 radical (unpaired) electrons. The zero-order valence-corrected chi connectivity index (χ0v) is 13.9. The van der Waals surface area contributed by atoms with Gasteiger partial charge >= 0.3 is 0 Å². The molecule has 1 rings (SSSR count). The van der Waals surface area contributed by atoms with Crippen LogP contribution in [-0.4, -0.2) is 48.5 Å². The Morgan fingerprint density at radius 1 is 1.44 bits per heavy atom. The van der Waals surface area contributed by atoms with Crippen molar-refractivity contribution in [3.63, 3.8) is 0 Å². The Labute approximate surface area is 121 Å². The van der Waals surface area contributed by atoms with Crippen LogP contribution < -0.4 is 5.32 Å². The van der Waals surface area contributed by atoms with Crippen LogP contribution in [0.4, 0.5) is 0 Å². The maximum atomic E-state index is 4.44. The first-order valence-electron chi connectivity index (χ1n) is 5.72. The van der Waals surface area contributed by atoms with Crippen molar-refractivity contribution in [1.82, 2.24) is 10.2 Å². The summed E-state index contributed by atoms with van der Waals surface area (Å²) in [6, 6.07) is 0. The van der Waals surface area contributed by atoms with Crippen molar-refractivity contribution in [2.45, 2.75) is 31.4 Å². The highest BCUT2D eigenvalue weighted by Crippen LogP contribution is 2.29. The van der Waals surface area contributed by atoms with Gasteiger partial charge in [-0.25, -0.2) is 0 Å². The SMILES string of the molecule is CCC(CC)(CNC1=NCCN1C)SC.I. The summed E-state index contributed by atoms with van der Waals surface area (Å²) < 4.78 is 0.367. The van der Waals surface area contributed by atoms with Gasteiger partial charge < -0.3 is 10.2 Å². The van der Waals surface area contributed by atoms with Gasteiger partial charge in [0.2, 0.25) is 0 Å². The first kappa shape index (κ1) is 16.4. The molecule has 5 heteroatoms. The average Bonchev–Trinajstić information content (AvgIpc) is 2.67. The van der Waals surface area contributed by atoms with E-state index in [9.17, 15) is 0 Å². The van der Waals surface area contributed by atoms with E-state index >= 15 is 0 Å².